The lowest BCUT2D eigenvalue weighted by Crippen LogP contribution is -2.18. The van der Waals surface area contributed by atoms with Crippen molar-refractivity contribution in [2.75, 3.05) is 11.9 Å². The van der Waals surface area contributed by atoms with Gasteiger partial charge in [-0.2, -0.15) is 0 Å². The van der Waals surface area contributed by atoms with Gasteiger partial charge >= 0.3 is 0 Å². The van der Waals surface area contributed by atoms with Crippen LogP contribution in [0.5, 0.6) is 11.6 Å². The Hall–Kier alpha value is -1.53. The van der Waals surface area contributed by atoms with E-state index in [0.29, 0.717) is 23.9 Å². The minimum atomic E-state index is -1.39. The number of nitrogens with zero attached hydrogens (tertiary/aromatic N) is 1. The molecule has 1 amide bonds. The maximum Gasteiger partial charge on any atom is 0.221 e. The molecule has 1 aliphatic heterocycles. The van der Waals surface area contributed by atoms with E-state index in [1.165, 1.54) is 13.1 Å². The highest BCUT2D eigenvalue weighted by atomic mass is 35.6. The largest absolute Gasteiger partial charge is 0.439 e. The van der Waals surface area contributed by atoms with Gasteiger partial charge in [-0.15, -0.1) is 0 Å². The molecule has 0 spiro atoms. The van der Waals surface area contributed by atoms with E-state index in [0.717, 1.165) is 5.56 Å². The van der Waals surface area contributed by atoms with Gasteiger partial charge in [-0.3, -0.25) is 4.79 Å². The van der Waals surface area contributed by atoms with Crippen molar-refractivity contribution in [1.82, 2.24) is 4.98 Å². The SMILES string of the molecule is CC(=O)Nc1ccc(Oc2cccc(C3(CC(Cl)(Cl)Cl)CO3)c2)nc1. The van der Waals surface area contributed by atoms with E-state index in [-0.39, 0.29) is 12.3 Å². The summed E-state index contributed by atoms with van der Waals surface area (Å²) in [6.45, 7) is 1.93. The van der Waals surface area contributed by atoms with Crippen molar-refractivity contribution in [3.05, 3.63) is 48.2 Å². The minimum absolute atomic E-state index is 0.160. The van der Waals surface area contributed by atoms with Gasteiger partial charge < -0.3 is 14.8 Å². The molecule has 25 heavy (non-hydrogen) atoms. The summed E-state index contributed by atoms with van der Waals surface area (Å²) in [5, 5.41) is 2.64. The summed E-state index contributed by atoms with van der Waals surface area (Å²) in [7, 11) is 0. The zero-order chi connectivity index (χ0) is 18.1. The molecule has 1 fully saturated rings. The van der Waals surface area contributed by atoms with Gasteiger partial charge in [-0.25, -0.2) is 4.98 Å². The van der Waals surface area contributed by atoms with Gasteiger partial charge in [0.25, 0.3) is 0 Å². The van der Waals surface area contributed by atoms with E-state index >= 15 is 0 Å². The van der Waals surface area contributed by atoms with Crippen LogP contribution in [0.4, 0.5) is 5.69 Å². The number of carbonyl (C=O) groups excluding carboxylic acids is 1. The number of amides is 1. The van der Waals surface area contributed by atoms with Gasteiger partial charge in [-0.05, 0) is 23.8 Å². The first kappa shape index (κ1) is 18.3. The molecule has 5 nitrogen and oxygen atoms in total. The van der Waals surface area contributed by atoms with Crippen LogP contribution in [0.1, 0.15) is 18.9 Å². The molecule has 1 aromatic carbocycles. The summed E-state index contributed by atoms with van der Waals surface area (Å²) in [5.41, 5.74) is 0.889. The lowest BCUT2D eigenvalue weighted by Gasteiger charge is -2.18. The molecule has 1 saturated heterocycles. The first-order valence-corrected chi connectivity index (χ1v) is 8.62. The Morgan fingerprint density at radius 3 is 2.68 bits per heavy atom. The van der Waals surface area contributed by atoms with Gasteiger partial charge in [0.1, 0.15) is 11.4 Å². The summed E-state index contributed by atoms with van der Waals surface area (Å²) < 4.78 is 9.91. The fourth-order valence-corrected chi connectivity index (χ4v) is 3.11. The highest BCUT2D eigenvalue weighted by Gasteiger charge is 2.51. The normalized spacial score (nSPS) is 19.4. The van der Waals surface area contributed by atoms with Crippen molar-refractivity contribution in [2.45, 2.75) is 22.7 Å². The summed E-state index contributed by atoms with van der Waals surface area (Å²) >= 11 is 17.7. The second-order valence-electron chi connectivity index (χ2n) is 5.77. The van der Waals surface area contributed by atoms with E-state index < -0.39 is 9.39 Å². The van der Waals surface area contributed by atoms with E-state index in [2.05, 4.69) is 10.3 Å². The van der Waals surface area contributed by atoms with Crippen molar-refractivity contribution >= 4 is 46.4 Å². The molecule has 2 aromatic rings. The van der Waals surface area contributed by atoms with Crippen LogP contribution < -0.4 is 10.1 Å². The predicted molar refractivity (Wildman–Crippen MR) is 97.6 cm³/mol. The highest BCUT2D eigenvalue weighted by Crippen LogP contribution is 2.50. The molecule has 1 aliphatic rings. The molecule has 0 radical (unpaired) electrons. The average molecular weight is 402 g/mol. The topological polar surface area (TPSA) is 63.8 Å². The number of rotatable bonds is 5. The lowest BCUT2D eigenvalue weighted by atomic mass is 9.97. The Balaban J connectivity index is 1.73. The number of ether oxygens (including phenoxy) is 2. The van der Waals surface area contributed by atoms with Crippen LogP contribution in [0.25, 0.3) is 0 Å². The summed E-state index contributed by atoms with van der Waals surface area (Å²) in [4.78, 5) is 15.2. The number of nitrogens with one attached hydrogen (secondary N) is 1. The Morgan fingerprint density at radius 2 is 2.12 bits per heavy atom. The maximum atomic E-state index is 11.0. The smallest absolute Gasteiger partial charge is 0.221 e. The van der Waals surface area contributed by atoms with Crippen LogP contribution in [0.3, 0.4) is 0 Å². The van der Waals surface area contributed by atoms with Gasteiger partial charge in [-0.1, -0.05) is 46.9 Å². The molecule has 0 bridgehead atoms. The van der Waals surface area contributed by atoms with Gasteiger partial charge in [0.05, 0.1) is 18.5 Å². The van der Waals surface area contributed by atoms with Crippen LogP contribution in [0.15, 0.2) is 42.6 Å². The number of pyridine rings is 1. The second-order valence-corrected chi connectivity index (χ2v) is 8.29. The van der Waals surface area contributed by atoms with Gasteiger partial charge in [0, 0.05) is 19.4 Å². The summed E-state index contributed by atoms with van der Waals surface area (Å²) in [6, 6.07) is 10.8. The number of halogens is 3. The fraction of sp³-hybridized carbons (Fsp3) is 0.294. The monoisotopic (exact) mass is 400 g/mol. The summed E-state index contributed by atoms with van der Waals surface area (Å²) in [5.74, 6) is 0.835. The number of aromatic nitrogens is 1. The molecule has 0 aliphatic carbocycles. The van der Waals surface area contributed by atoms with Crippen LogP contribution in [0.2, 0.25) is 0 Å². The Kier molecular flexibility index (Phi) is 5.11. The van der Waals surface area contributed by atoms with Gasteiger partial charge in [0.2, 0.25) is 11.8 Å². The second kappa shape index (κ2) is 7.00. The van der Waals surface area contributed by atoms with E-state index in [9.17, 15) is 4.79 Å². The number of hydrogen-bond acceptors (Lipinski definition) is 4. The fourth-order valence-electron chi connectivity index (χ4n) is 2.46. The number of hydrogen-bond donors (Lipinski definition) is 1. The third-order valence-corrected chi connectivity index (χ3v) is 4.02. The molecule has 2 heterocycles. The predicted octanol–water partition coefficient (Wildman–Crippen LogP) is 4.82. The van der Waals surface area contributed by atoms with Crippen molar-refractivity contribution in [3.8, 4) is 11.6 Å². The standard InChI is InChI=1S/C17H15Cl3N2O3/c1-11(23)22-13-5-6-15(21-8-13)25-14-4-2-3-12(7-14)16(10-24-16)9-17(18,19)20/h2-8H,9-10H2,1H3,(H,22,23). The van der Waals surface area contributed by atoms with E-state index in [4.69, 9.17) is 44.3 Å². The molecule has 1 N–H and O–H groups in total. The lowest BCUT2D eigenvalue weighted by molar-refractivity contribution is -0.114. The molecule has 0 saturated carbocycles. The number of benzene rings is 1. The van der Waals surface area contributed by atoms with Crippen LogP contribution in [-0.4, -0.2) is 21.3 Å². The Morgan fingerprint density at radius 1 is 1.36 bits per heavy atom. The number of anilines is 1. The molecule has 3 rings (SSSR count). The average Bonchev–Trinajstić information content (AvgIpc) is 3.28. The Bertz CT molecular complexity index is 771. The molecule has 1 aromatic heterocycles. The Labute approximate surface area is 160 Å². The third-order valence-electron chi connectivity index (χ3n) is 3.62. The van der Waals surface area contributed by atoms with Crippen molar-refractivity contribution in [1.29, 1.82) is 0 Å². The van der Waals surface area contributed by atoms with Crippen molar-refractivity contribution in [3.63, 3.8) is 0 Å². The number of alkyl halides is 3. The first-order chi connectivity index (χ1) is 11.8. The molecule has 132 valence electrons. The zero-order valence-electron chi connectivity index (χ0n) is 13.3. The number of epoxide rings is 1. The molecular weight excluding hydrogens is 387 g/mol. The van der Waals surface area contributed by atoms with Gasteiger partial charge in [0.15, 0.2) is 3.79 Å². The summed E-state index contributed by atoms with van der Waals surface area (Å²) in [6.07, 6.45) is 1.78. The first-order valence-electron chi connectivity index (χ1n) is 7.49. The molecule has 1 unspecified atom stereocenters. The third kappa shape index (κ3) is 4.98. The molecular formula is C17H15Cl3N2O3. The van der Waals surface area contributed by atoms with E-state index in [1.54, 1.807) is 18.2 Å². The maximum absolute atomic E-state index is 11.0. The van der Waals surface area contributed by atoms with Crippen LogP contribution in [-0.2, 0) is 15.1 Å². The van der Waals surface area contributed by atoms with Crippen molar-refractivity contribution in [2.24, 2.45) is 0 Å². The molecule has 8 heteroatoms. The zero-order valence-corrected chi connectivity index (χ0v) is 15.5. The van der Waals surface area contributed by atoms with Crippen LogP contribution in [0, 0.1) is 0 Å². The minimum Gasteiger partial charge on any atom is -0.439 e. The highest BCUT2D eigenvalue weighted by molar-refractivity contribution is 6.67. The van der Waals surface area contributed by atoms with Crippen molar-refractivity contribution < 1.29 is 14.3 Å². The molecule has 1 atom stereocenters. The van der Waals surface area contributed by atoms with E-state index in [1.807, 2.05) is 18.2 Å². The van der Waals surface area contributed by atoms with Crippen LogP contribution >= 0.6 is 34.8 Å². The number of carbonyl (C=O) groups is 1. The quantitative estimate of drug-likeness (QED) is 0.576.